The van der Waals surface area contributed by atoms with Crippen molar-refractivity contribution in [3.8, 4) is 10.9 Å². The predicted octanol–water partition coefficient (Wildman–Crippen LogP) is 3.73. The molecule has 7 heteroatoms. The lowest BCUT2D eigenvalue weighted by Gasteiger charge is -2.38. The quantitative estimate of drug-likeness (QED) is 0.671. The fraction of sp³-hybridized carbons (Fsp3) is 0.364. The number of hydrogen-bond donors (Lipinski definition) is 1. The van der Waals surface area contributed by atoms with Gasteiger partial charge >= 0.3 is 0 Å². The highest BCUT2D eigenvalue weighted by atomic mass is 32.1. The number of ether oxygens (including phenoxy) is 2. The summed E-state index contributed by atoms with van der Waals surface area (Å²) in [7, 11) is 1.67. The molecule has 3 aromatic rings. The van der Waals surface area contributed by atoms with Gasteiger partial charge in [-0.3, -0.25) is 4.79 Å². The van der Waals surface area contributed by atoms with Gasteiger partial charge in [0.1, 0.15) is 10.6 Å². The normalized spacial score (nSPS) is 15.8. The molecule has 1 amide bonds. The SMILES string of the molecule is COc1ccc(C2(CNC(=O)c3sc(-n4cccc4)nc3C)CCOCC2)cc1. The Morgan fingerprint density at radius 3 is 2.59 bits per heavy atom. The molecule has 6 nitrogen and oxygen atoms in total. The summed E-state index contributed by atoms with van der Waals surface area (Å²) in [5, 5.41) is 3.97. The third-order valence-corrected chi connectivity index (χ3v) is 6.73. The number of nitrogens with zero attached hydrogens (tertiary/aromatic N) is 2. The van der Waals surface area contributed by atoms with Gasteiger partial charge in [0, 0.05) is 37.6 Å². The maximum Gasteiger partial charge on any atom is 0.263 e. The zero-order valence-corrected chi connectivity index (χ0v) is 17.5. The summed E-state index contributed by atoms with van der Waals surface area (Å²) >= 11 is 1.41. The lowest BCUT2D eigenvalue weighted by Crippen LogP contribution is -2.44. The first-order valence-corrected chi connectivity index (χ1v) is 10.5. The molecule has 0 atom stereocenters. The molecule has 3 heterocycles. The van der Waals surface area contributed by atoms with E-state index in [0.29, 0.717) is 24.6 Å². The van der Waals surface area contributed by atoms with Crippen LogP contribution >= 0.6 is 11.3 Å². The molecule has 29 heavy (non-hydrogen) atoms. The molecule has 0 spiro atoms. The molecular formula is C22H25N3O3S. The lowest BCUT2D eigenvalue weighted by molar-refractivity contribution is 0.0487. The molecule has 2 aromatic heterocycles. The van der Waals surface area contributed by atoms with E-state index in [1.165, 1.54) is 16.9 Å². The first-order chi connectivity index (χ1) is 14.1. The third-order valence-electron chi connectivity index (χ3n) is 5.56. The van der Waals surface area contributed by atoms with E-state index in [1.807, 2.05) is 48.1 Å². The number of nitrogens with one attached hydrogen (secondary N) is 1. The molecule has 0 unspecified atom stereocenters. The zero-order chi connectivity index (χ0) is 20.3. The highest BCUT2D eigenvalue weighted by molar-refractivity contribution is 7.16. The van der Waals surface area contributed by atoms with Gasteiger partial charge in [-0.1, -0.05) is 23.5 Å². The molecular weight excluding hydrogens is 386 g/mol. The van der Waals surface area contributed by atoms with E-state index >= 15 is 0 Å². The Morgan fingerprint density at radius 2 is 1.93 bits per heavy atom. The lowest BCUT2D eigenvalue weighted by atomic mass is 9.74. The maximum atomic E-state index is 13.0. The average molecular weight is 412 g/mol. The molecule has 1 aliphatic heterocycles. The van der Waals surface area contributed by atoms with Crippen LogP contribution < -0.4 is 10.1 Å². The second kappa shape index (κ2) is 8.39. The molecule has 1 aliphatic rings. The van der Waals surface area contributed by atoms with Crippen molar-refractivity contribution >= 4 is 17.2 Å². The van der Waals surface area contributed by atoms with Crippen molar-refractivity contribution < 1.29 is 14.3 Å². The Labute approximate surface area is 174 Å². The molecule has 0 aliphatic carbocycles. The van der Waals surface area contributed by atoms with E-state index in [0.717, 1.165) is 29.4 Å². The molecule has 152 valence electrons. The molecule has 1 N–H and O–H groups in total. The zero-order valence-electron chi connectivity index (χ0n) is 16.7. The summed E-state index contributed by atoms with van der Waals surface area (Å²) in [6.07, 6.45) is 5.60. The van der Waals surface area contributed by atoms with Crippen molar-refractivity contribution in [1.29, 1.82) is 0 Å². The number of aromatic nitrogens is 2. The minimum absolute atomic E-state index is 0.0715. The Bertz CT molecular complexity index is 958. The van der Waals surface area contributed by atoms with Crippen LogP contribution in [0.25, 0.3) is 5.13 Å². The van der Waals surface area contributed by atoms with Gasteiger partial charge in [-0.05, 0) is 49.6 Å². The van der Waals surface area contributed by atoms with Gasteiger partial charge in [-0.2, -0.15) is 0 Å². The average Bonchev–Trinajstić information content (AvgIpc) is 3.42. The van der Waals surface area contributed by atoms with Crippen molar-refractivity contribution in [3.05, 3.63) is 64.9 Å². The molecule has 0 radical (unpaired) electrons. The van der Waals surface area contributed by atoms with Gasteiger partial charge in [-0.15, -0.1) is 0 Å². The number of amides is 1. The highest BCUT2D eigenvalue weighted by Gasteiger charge is 2.35. The molecule has 1 fully saturated rings. The summed E-state index contributed by atoms with van der Waals surface area (Å²) in [4.78, 5) is 18.2. The van der Waals surface area contributed by atoms with E-state index in [2.05, 4.69) is 22.4 Å². The topological polar surface area (TPSA) is 65.4 Å². The van der Waals surface area contributed by atoms with Gasteiger partial charge in [0.05, 0.1) is 12.8 Å². The standard InChI is InChI=1S/C22H25N3O3S/c1-16-19(29-21(24-16)25-11-3-4-12-25)20(26)23-15-22(9-13-28-14-10-22)17-5-7-18(27-2)8-6-17/h3-8,11-12H,9-10,13-15H2,1-2H3,(H,23,26). The first kappa shape index (κ1) is 19.7. The van der Waals surface area contributed by atoms with Gasteiger partial charge in [-0.25, -0.2) is 4.98 Å². The predicted molar refractivity (Wildman–Crippen MR) is 113 cm³/mol. The number of rotatable bonds is 6. The fourth-order valence-corrected chi connectivity index (χ4v) is 4.72. The summed E-state index contributed by atoms with van der Waals surface area (Å²) in [6, 6.07) is 12.0. The summed E-state index contributed by atoms with van der Waals surface area (Å²) in [5.74, 6) is 0.760. The highest BCUT2D eigenvalue weighted by Crippen LogP contribution is 2.35. The van der Waals surface area contributed by atoms with Crippen molar-refractivity contribution in [2.75, 3.05) is 26.9 Å². The van der Waals surface area contributed by atoms with Crippen molar-refractivity contribution in [2.45, 2.75) is 25.2 Å². The Balaban J connectivity index is 1.52. The molecule has 4 rings (SSSR count). The van der Waals surface area contributed by atoms with Gasteiger partial charge < -0.3 is 19.4 Å². The van der Waals surface area contributed by atoms with E-state index in [4.69, 9.17) is 9.47 Å². The summed E-state index contributed by atoms with van der Waals surface area (Å²) in [5.41, 5.74) is 1.82. The Morgan fingerprint density at radius 1 is 1.24 bits per heavy atom. The number of carbonyl (C=O) groups is 1. The van der Waals surface area contributed by atoms with Crippen molar-refractivity contribution in [2.24, 2.45) is 0 Å². The van der Waals surface area contributed by atoms with Crippen molar-refractivity contribution in [1.82, 2.24) is 14.9 Å². The van der Waals surface area contributed by atoms with E-state index in [9.17, 15) is 4.79 Å². The second-order valence-corrected chi connectivity index (χ2v) is 8.28. The number of methoxy groups -OCH3 is 1. The van der Waals surface area contributed by atoms with Crippen molar-refractivity contribution in [3.63, 3.8) is 0 Å². The largest absolute Gasteiger partial charge is 0.497 e. The van der Waals surface area contributed by atoms with Gasteiger partial charge in [0.15, 0.2) is 5.13 Å². The number of hydrogen-bond acceptors (Lipinski definition) is 5. The maximum absolute atomic E-state index is 13.0. The first-order valence-electron chi connectivity index (χ1n) is 9.72. The summed E-state index contributed by atoms with van der Waals surface area (Å²) in [6.45, 7) is 3.84. The van der Waals surface area contributed by atoms with Crippen LogP contribution in [0.2, 0.25) is 0 Å². The van der Waals surface area contributed by atoms with Crippen LogP contribution in [0, 0.1) is 6.92 Å². The van der Waals surface area contributed by atoms with Crippen LogP contribution in [0.1, 0.15) is 33.8 Å². The van der Waals surface area contributed by atoms with Crippen LogP contribution in [0.15, 0.2) is 48.8 Å². The molecule has 0 bridgehead atoms. The van der Waals surface area contributed by atoms with Crippen LogP contribution in [-0.4, -0.2) is 42.3 Å². The second-order valence-electron chi connectivity index (χ2n) is 7.31. The van der Waals surface area contributed by atoms with E-state index in [1.54, 1.807) is 7.11 Å². The minimum Gasteiger partial charge on any atom is -0.497 e. The number of thiazole rings is 1. The number of aryl methyl sites for hydroxylation is 1. The van der Waals surface area contributed by atoms with Gasteiger partial charge in [0.2, 0.25) is 0 Å². The van der Waals surface area contributed by atoms with Crippen LogP contribution in [0.3, 0.4) is 0 Å². The van der Waals surface area contributed by atoms with Gasteiger partial charge in [0.25, 0.3) is 5.91 Å². The third kappa shape index (κ3) is 4.06. The number of benzene rings is 1. The Hall–Kier alpha value is -2.64. The van der Waals surface area contributed by atoms with E-state index < -0.39 is 0 Å². The number of carbonyl (C=O) groups excluding carboxylic acids is 1. The Kier molecular flexibility index (Phi) is 5.69. The molecule has 0 saturated carbocycles. The smallest absolute Gasteiger partial charge is 0.263 e. The fourth-order valence-electron chi connectivity index (χ4n) is 3.77. The minimum atomic E-state index is -0.137. The summed E-state index contributed by atoms with van der Waals surface area (Å²) < 4.78 is 12.8. The van der Waals surface area contributed by atoms with Crippen LogP contribution in [0.4, 0.5) is 0 Å². The monoisotopic (exact) mass is 411 g/mol. The van der Waals surface area contributed by atoms with E-state index in [-0.39, 0.29) is 11.3 Å². The van der Waals surface area contributed by atoms with Crippen LogP contribution in [-0.2, 0) is 10.2 Å². The van der Waals surface area contributed by atoms with Crippen LogP contribution in [0.5, 0.6) is 5.75 Å². The molecule has 1 aromatic carbocycles. The molecule has 1 saturated heterocycles.